The Hall–Kier alpha value is -1.92. The fourth-order valence-electron chi connectivity index (χ4n) is 1.97. The number of carbonyl (C=O) groups excluding carboxylic acids is 1. The van der Waals surface area contributed by atoms with Crippen LogP contribution >= 0.6 is 0 Å². The zero-order valence-electron chi connectivity index (χ0n) is 9.80. The molecule has 102 valence electrons. The fraction of sp³-hybridized carbons (Fsp3) is 0.455. The Morgan fingerprint density at radius 2 is 2.32 bits per heavy atom. The van der Waals surface area contributed by atoms with E-state index in [1.54, 1.807) is 0 Å². The molecule has 1 aromatic heterocycles. The quantitative estimate of drug-likeness (QED) is 0.372. The van der Waals surface area contributed by atoms with Crippen LogP contribution in [0.4, 0.5) is 5.82 Å². The van der Waals surface area contributed by atoms with Gasteiger partial charge >= 0.3 is 0 Å². The lowest BCUT2D eigenvalue weighted by molar-refractivity contribution is -0.105. The number of nitrogens with zero attached hydrogens (tertiary/aromatic N) is 2. The number of ether oxygens (including phenoxy) is 1. The van der Waals surface area contributed by atoms with E-state index < -0.39 is 31.1 Å². The molecule has 8 nitrogen and oxygen atoms in total. The molecule has 4 atom stereocenters. The van der Waals surface area contributed by atoms with Crippen LogP contribution in [0.25, 0.3) is 0 Å². The van der Waals surface area contributed by atoms with Crippen molar-refractivity contribution in [3.63, 3.8) is 0 Å². The van der Waals surface area contributed by atoms with E-state index in [1.165, 1.54) is 10.9 Å². The Balaban J connectivity index is 2.33. The summed E-state index contributed by atoms with van der Waals surface area (Å²) < 4.78 is 6.63. The molecule has 19 heavy (non-hydrogen) atoms. The topological polar surface area (TPSA) is 117 Å². The lowest BCUT2D eigenvalue weighted by Gasteiger charge is -2.17. The number of carbonyl (C=O) groups is 1. The first-order valence-electron chi connectivity index (χ1n) is 5.50. The van der Waals surface area contributed by atoms with Gasteiger partial charge in [-0.25, -0.2) is 4.98 Å². The van der Waals surface area contributed by atoms with Gasteiger partial charge in [0.15, 0.2) is 12.0 Å². The second-order valence-corrected chi connectivity index (χ2v) is 3.98. The van der Waals surface area contributed by atoms with Gasteiger partial charge in [-0.05, 0) is 5.92 Å². The summed E-state index contributed by atoms with van der Waals surface area (Å²) in [5.41, 5.74) is 0.196. The van der Waals surface area contributed by atoms with E-state index in [2.05, 4.69) is 16.2 Å². The highest BCUT2D eigenvalue weighted by atomic mass is 16.6. The molecule has 8 heteroatoms. The number of rotatable bonds is 4. The SMILES string of the molecule is C#Cc1c(NC=O)ncn1[C@@H]1O[C@H](CO)[C@@H](O)[C@H]1O. The van der Waals surface area contributed by atoms with Crippen LogP contribution in [0.3, 0.4) is 0 Å². The number of aromatic nitrogens is 2. The second-order valence-electron chi connectivity index (χ2n) is 3.98. The normalized spacial score (nSPS) is 30.0. The fourth-order valence-corrected chi connectivity index (χ4v) is 1.97. The highest BCUT2D eigenvalue weighted by Crippen LogP contribution is 2.31. The lowest BCUT2D eigenvalue weighted by atomic mass is 10.1. The third-order valence-corrected chi connectivity index (χ3v) is 2.92. The highest BCUT2D eigenvalue weighted by molar-refractivity contribution is 5.72. The molecule has 2 heterocycles. The monoisotopic (exact) mass is 267 g/mol. The largest absolute Gasteiger partial charge is 0.394 e. The van der Waals surface area contributed by atoms with Crippen molar-refractivity contribution < 1.29 is 24.9 Å². The summed E-state index contributed by atoms with van der Waals surface area (Å²) in [5.74, 6) is 2.47. The standard InChI is InChI=1S/C11H13N3O5/c1-2-6-10(13-5-16)12-4-14(6)11-9(18)8(17)7(3-15)19-11/h1,4-5,7-9,11,15,17-18H,3H2,(H,13,16)/t7-,8-,9-,11-/m1/s1. The summed E-state index contributed by atoms with van der Waals surface area (Å²) in [5, 5.41) is 30.9. The molecule has 2 rings (SSSR count). The van der Waals surface area contributed by atoms with Crippen molar-refractivity contribution in [2.75, 3.05) is 11.9 Å². The minimum atomic E-state index is -1.26. The van der Waals surface area contributed by atoms with Crippen molar-refractivity contribution in [3.8, 4) is 12.3 Å². The predicted octanol–water partition coefficient (Wildman–Crippen LogP) is -1.96. The summed E-state index contributed by atoms with van der Waals surface area (Å²) in [6.07, 6.45) is 2.65. The van der Waals surface area contributed by atoms with E-state index >= 15 is 0 Å². The number of imidazole rings is 1. The Morgan fingerprint density at radius 3 is 2.84 bits per heavy atom. The molecular weight excluding hydrogens is 254 g/mol. The average Bonchev–Trinajstić information content (AvgIpc) is 2.93. The molecule has 1 fully saturated rings. The van der Waals surface area contributed by atoms with Crippen molar-refractivity contribution in [3.05, 3.63) is 12.0 Å². The van der Waals surface area contributed by atoms with E-state index in [0.717, 1.165) is 0 Å². The van der Waals surface area contributed by atoms with Crippen molar-refractivity contribution in [1.82, 2.24) is 9.55 Å². The Bertz CT molecular complexity index is 509. The van der Waals surface area contributed by atoms with Gasteiger partial charge < -0.3 is 25.4 Å². The van der Waals surface area contributed by atoms with Crippen molar-refractivity contribution in [1.29, 1.82) is 0 Å². The van der Waals surface area contributed by atoms with Gasteiger partial charge in [-0.1, -0.05) is 0 Å². The first-order valence-corrected chi connectivity index (χ1v) is 5.50. The number of nitrogens with one attached hydrogen (secondary N) is 1. The highest BCUT2D eigenvalue weighted by Gasteiger charge is 2.44. The van der Waals surface area contributed by atoms with Crippen LogP contribution in [0.5, 0.6) is 0 Å². The van der Waals surface area contributed by atoms with Gasteiger partial charge in [0.25, 0.3) is 0 Å². The summed E-state index contributed by atoms with van der Waals surface area (Å²) in [6.45, 7) is -0.436. The van der Waals surface area contributed by atoms with Crippen LogP contribution in [-0.4, -0.2) is 56.2 Å². The van der Waals surface area contributed by atoms with Crippen LogP contribution in [0.15, 0.2) is 6.33 Å². The van der Waals surface area contributed by atoms with E-state index in [-0.39, 0.29) is 11.5 Å². The van der Waals surface area contributed by atoms with Gasteiger partial charge in [0.05, 0.1) is 6.61 Å². The molecule has 1 aromatic rings. The molecule has 4 N–H and O–H groups in total. The predicted molar refractivity (Wildman–Crippen MR) is 62.9 cm³/mol. The second kappa shape index (κ2) is 5.38. The Morgan fingerprint density at radius 1 is 1.58 bits per heavy atom. The maximum Gasteiger partial charge on any atom is 0.212 e. The van der Waals surface area contributed by atoms with Gasteiger partial charge in [-0.3, -0.25) is 9.36 Å². The van der Waals surface area contributed by atoms with E-state index in [1.807, 2.05) is 0 Å². The summed E-state index contributed by atoms with van der Waals surface area (Å²) >= 11 is 0. The van der Waals surface area contributed by atoms with E-state index in [4.69, 9.17) is 16.3 Å². The molecule has 1 aliphatic rings. The average molecular weight is 267 g/mol. The third kappa shape index (κ3) is 2.20. The zero-order valence-corrected chi connectivity index (χ0v) is 9.80. The number of terminal acetylenes is 1. The molecule has 1 aliphatic heterocycles. The summed E-state index contributed by atoms with van der Waals surface area (Å²) in [7, 11) is 0. The van der Waals surface area contributed by atoms with E-state index in [0.29, 0.717) is 6.41 Å². The smallest absolute Gasteiger partial charge is 0.212 e. The van der Waals surface area contributed by atoms with Gasteiger partial charge in [-0.15, -0.1) is 6.42 Å². The van der Waals surface area contributed by atoms with Crippen LogP contribution < -0.4 is 5.32 Å². The van der Waals surface area contributed by atoms with E-state index in [9.17, 15) is 15.0 Å². The van der Waals surface area contributed by atoms with Gasteiger partial charge in [-0.2, -0.15) is 0 Å². The maximum absolute atomic E-state index is 10.4. The van der Waals surface area contributed by atoms with Crippen LogP contribution in [0.1, 0.15) is 11.9 Å². The number of aliphatic hydroxyl groups excluding tert-OH is 3. The molecule has 1 saturated heterocycles. The van der Waals surface area contributed by atoms with Gasteiger partial charge in [0.1, 0.15) is 30.3 Å². The summed E-state index contributed by atoms with van der Waals surface area (Å²) in [6, 6.07) is 0. The lowest BCUT2D eigenvalue weighted by Crippen LogP contribution is -2.33. The van der Waals surface area contributed by atoms with Crippen LogP contribution in [0.2, 0.25) is 0 Å². The number of anilines is 1. The molecule has 1 amide bonds. The molecule has 0 unspecified atom stereocenters. The molecule has 0 aromatic carbocycles. The molecule has 0 bridgehead atoms. The molecule has 0 radical (unpaired) electrons. The summed E-state index contributed by atoms with van der Waals surface area (Å²) in [4.78, 5) is 14.3. The van der Waals surface area contributed by atoms with Crippen molar-refractivity contribution >= 4 is 12.2 Å². The minimum absolute atomic E-state index is 0.148. The van der Waals surface area contributed by atoms with Gasteiger partial charge in [0, 0.05) is 0 Å². The van der Waals surface area contributed by atoms with Crippen molar-refractivity contribution in [2.24, 2.45) is 0 Å². The van der Waals surface area contributed by atoms with Gasteiger partial charge in [0.2, 0.25) is 6.41 Å². The first-order chi connectivity index (χ1) is 9.13. The zero-order chi connectivity index (χ0) is 14.0. The van der Waals surface area contributed by atoms with Crippen LogP contribution in [0, 0.1) is 12.3 Å². The minimum Gasteiger partial charge on any atom is -0.394 e. The number of hydrogen-bond donors (Lipinski definition) is 4. The molecule has 0 spiro atoms. The number of hydrogen-bond acceptors (Lipinski definition) is 6. The number of aliphatic hydroxyl groups is 3. The first kappa shape index (κ1) is 13.5. The maximum atomic E-state index is 10.4. The van der Waals surface area contributed by atoms with Crippen molar-refractivity contribution in [2.45, 2.75) is 24.5 Å². The molecular formula is C11H13N3O5. The number of amides is 1. The molecule has 0 aliphatic carbocycles. The molecule has 0 saturated carbocycles. The van der Waals surface area contributed by atoms with Crippen LogP contribution in [-0.2, 0) is 9.53 Å². The Labute approximate surface area is 108 Å². The third-order valence-electron chi connectivity index (χ3n) is 2.92. The Kier molecular flexibility index (Phi) is 3.82.